The summed E-state index contributed by atoms with van der Waals surface area (Å²) in [6.45, 7) is 1.99. The van der Waals surface area contributed by atoms with E-state index in [1.807, 2.05) is 31.2 Å². The second-order valence-electron chi connectivity index (χ2n) is 6.16. The number of hydrogen-bond donors (Lipinski definition) is 1. The van der Waals surface area contributed by atoms with Gasteiger partial charge in [0.25, 0.3) is 0 Å². The Kier molecular flexibility index (Phi) is 3.85. The molecule has 0 spiro atoms. The van der Waals surface area contributed by atoms with Crippen LogP contribution < -0.4 is 5.32 Å². The van der Waals surface area contributed by atoms with Crippen molar-refractivity contribution in [2.24, 2.45) is 5.41 Å². The summed E-state index contributed by atoms with van der Waals surface area (Å²) in [5, 5.41) is 14.8. The van der Waals surface area contributed by atoms with Crippen LogP contribution >= 0.6 is 0 Å². The average molecular weight is 292 g/mol. The summed E-state index contributed by atoms with van der Waals surface area (Å²) in [5.74, 6) is -0.118. The zero-order valence-electron chi connectivity index (χ0n) is 12.8. The summed E-state index contributed by atoms with van der Waals surface area (Å²) in [6.07, 6.45) is 3.28. The highest BCUT2D eigenvalue weighted by atomic mass is 16.2. The SMILES string of the molecule is CC(NC(=O)C1(C#N)CCCC1)c1cccc2ccccc12. The highest BCUT2D eigenvalue weighted by molar-refractivity contribution is 5.89. The summed E-state index contributed by atoms with van der Waals surface area (Å²) in [5.41, 5.74) is 0.274. The standard InChI is InChI=1S/C19H20N2O/c1-14(21-18(22)19(13-20)11-4-5-12-19)16-10-6-8-15-7-2-3-9-17(15)16/h2-3,6-10,14H,4-5,11-12H2,1H3,(H,21,22). The summed E-state index contributed by atoms with van der Waals surface area (Å²) < 4.78 is 0. The number of carbonyl (C=O) groups excluding carboxylic acids is 1. The molecule has 1 N–H and O–H groups in total. The molecule has 1 amide bonds. The zero-order chi connectivity index (χ0) is 15.6. The van der Waals surface area contributed by atoms with Gasteiger partial charge in [0.2, 0.25) is 5.91 Å². The molecule has 3 nitrogen and oxygen atoms in total. The van der Waals surface area contributed by atoms with Gasteiger partial charge in [0.1, 0.15) is 5.41 Å². The summed E-state index contributed by atoms with van der Waals surface area (Å²) in [6, 6.07) is 16.4. The lowest BCUT2D eigenvalue weighted by atomic mass is 9.86. The molecule has 1 fully saturated rings. The fourth-order valence-corrected chi connectivity index (χ4v) is 3.41. The molecule has 1 aliphatic carbocycles. The highest BCUT2D eigenvalue weighted by Gasteiger charge is 2.41. The van der Waals surface area contributed by atoms with Crippen LogP contribution in [0.5, 0.6) is 0 Å². The minimum atomic E-state index is -0.821. The maximum Gasteiger partial charge on any atom is 0.240 e. The molecule has 3 heteroatoms. The Morgan fingerprint density at radius 1 is 1.18 bits per heavy atom. The van der Waals surface area contributed by atoms with Crippen LogP contribution in [0.1, 0.15) is 44.2 Å². The quantitative estimate of drug-likeness (QED) is 0.926. The molecule has 112 valence electrons. The van der Waals surface area contributed by atoms with Gasteiger partial charge in [-0.15, -0.1) is 0 Å². The lowest BCUT2D eigenvalue weighted by Crippen LogP contribution is -2.39. The number of carbonyl (C=O) groups is 1. The predicted octanol–water partition coefficient (Wildman–Crippen LogP) is 4.10. The average Bonchev–Trinajstić information content (AvgIpc) is 3.04. The van der Waals surface area contributed by atoms with Crippen LogP contribution in [-0.4, -0.2) is 5.91 Å². The Labute approximate surface area is 130 Å². The summed E-state index contributed by atoms with van der Waals surface area (Å²) in [7, 11) is 0. The lowest BCUT2D eigenvalue weighted by Gasteiger charge is -2.23. The maximum atomic E-state index is 12.6. The Hall–Kier alpha value is -2.34. The number of nitrogens with zero attached hydrogens (tertiary/aromatic N) is 1. The van der Waals surface area contributed by atoms with Crippen LogP contribution in [0.25, 0.3) is 10.8 Å². The summed E-state index contributed by atoms with van der Waals surface area (Å²) in [4.78, 5) is 12.6. The molecule has 0 aliphatic heterocycles. The van der Waals surface area contributed by atoms with Gasteiger partial charge in [0.05, 0.1) is 12.1 Å². The van der Waals surface area contributed by atoms with Crippen molar-refractivity contribution in [3.8, 4) is 6.07 Å². The largest absolute Gasteiger partial charge is 0.348 e. The second-order valence-corrected chi connectivity index (χ2v) is 6.16. The first kappa shape index (κ1) is 14.6. The Bertz CT molecular complexity index is 733. The monoisotopic (exact) mass is 292 g/mol. The van der Waals surface area contributed by atoms with E-state index >= 15 is 0 Å². The first-order valence-electron chi connectivity index (χ1n) is 7.86. The van der Waals surface area contributed by atoms with Crippen LogP contribution in [0.2, 0.25) is 0 Å². The van der Waals surface area contributed by atoms with E-state index in [-0.39, 0.29) is 11.9 Å². The first-order chi connectivity index (χ1) is 10.7. The third-order valence-corrected chi connectivity index (χ3v) is 4.74. The minimum Gasteiger partial charge on any atom is -0.348 e. The number of nitriles is 1. The molecular formula is C19H20N2O. The van der Waals surface area contributed by atoms with E-state index in [2.05, 4.69) is 29.6 Å². The van der Waals surface area contributed by atoms with Gasteiger partial charge < -0.3 is 5.32 Å². The third kappa shape index (κ3) is 2.46. The number of amides is 1. The molecule has 0 bridgehead atoms. The molecule has 2 aromatic carbocycles. The van der Waals surface area contributed by atoms with Crippen molar-refractivity contribution >= 4 is 16.7 Å². The number of benzene rings is 2. The molecule has 0 saturated heterocycles. The van der Waals surface area contributed by atoms with E-state index in [0.29, 0.717) is 12.8 Å². The van der Waals surface area contributed by atoms with Crippen molar-refractivity contribution in [3.63, 3.8) is 0 Å². The Balaban J connectivity index is 1.86. The molecule has 1 unspecified atom stereocenters. The van der Waals surface area contributed by atoms with E-state index in [1.54, 1.807) is 0 Å². The molecule has 22 heavy (non-hydrogen) atoms. The Morgan fingerprint density at radius 2 is 1.86 bits per heavy atom. The van der Waals surface area contributed by atoms with E-state index < -0.39 is 5.41 Å². The van der Waals surface area contributed by atoms with Gasteiger partial charge in [-0.3, -0.25) is 4.79 Å². The Morgan fingerprint density at radius 3 is 2.59 bits per heavy atom. The second kappa shape index (κ2) is 5.81. The fraction of sp³-hybridized carbons (Fsp3) is 0.368. The van der Waals surface area contributed by atoms with E-state index in [4.69, 9.17) is 0 Å². The van der Waals surface area contributed by atoms with Crippen LogP contribution in [0.4, 0.5) is 0 Å². The maximum absolute atomic E-state index is 12.6. The van der Waals surface area contributed by atoms with E-state index in [9.17, 15) is 10.1 Å². The number of nitrogens with one attached hydrogen (secondary N) is 1. The van der Waals surface area contributed by atoms with Gasteiger partial charge in [-0.25, -0.2) is 0 Å². The highest BCUT2D eigenvalue weighted by Crippen LogP contribution is 2.38. The van der Waals surface area contributed by atoms with Crippen molar-refractivity contribution < 1.29 is 4.79 Å². The van der Waals surface area contributed by atoms with Gasteiger partial charge >= 0.3 is 0 Å². The molecule has 1 atom stereocenters. The van der Waals surface area contributed by atoms with Gasteiger partial charge in [-0.05, 0) is 36.1 Å². The van der Waals surface area contributed by atoms with Gasteiger partial charge in [0.15, 0.2) is 0 Å². The van der Waals surface area contributed by atoms with Gasteiger partial charge in [-0.1, -0.05) is 55.3 Å². The lowest BCUT2D eigenvalue weighted by molar-refractivity contribution is -0.128. The smallest absolute Gasteiger partial charge is 0.240 e. The van der Waals surface area contributed by atoms with Crippen LogP contribution in [0.3, 0.4) is 0 Å². The summed E-state index contributed by atoms with van der Waals surface area (Å²) >= 11 is 0. The van der Waals surface area contributed by atoms with Gasteiger partial charge in [-0.2, -0.15) is 5.26 Å². The van der Waals surface area contributed by atoms with Crippen LogP contribution in [0.15, 0.2) is 42.5 Å². The van der Waals surface area contributed by atoms with Crippen molar-refractivity contribution in [3.05, 3.63) is 48.0 Å². The van der Waals surface area contributed by atoms with Gasteiger partial charge in [0, 0.05) is 0 Å². The van der Waals surface area contributed by atoms with E-state index in [0.717, 1.165) is 29.2 Å². The molecule has 1 saturated carbocycles. The normalized spacial score (nSPS) is 17.8. The van der Waals surface area contributed by atoms with Crippen LogP contribution in [-0.2, 0) is 4.79 Å². The minimum absolute atomic E-state index is 0.107. The molecule has 2 aromatic rings. The topological polar surface area (TPSA) is 52.9 Å². The fourth-order valence-electron chi connectivity index (χ4n) is 3.41. The molecule has 0 heterocycles. The number of fused-ring (bicyclic) bond motifs is 1. The van der Waals surface area contributed by atoms with Crippen molar-refractivity contribution in [2.45, 2.75) is 38.6 Å². The van der Waals surface area contributed by atoms with Crippen molar-refractivity contribution in [1.82, 2.24) is 5.32 Å². The van der Waals surface area contributed by atoms with E-state index in [1.165, 1.54) is 0 Å². The van der Waals surface area contributed by atoms with Crippen molar-refractivity contribution in [2.75, 3.05) is 0 Å². The first-order valence-corrected chi connectivity index (χ1v) is 7.86. The predicted molar refractivity (Wildman–Crippen MR) is 87.0 cm³/mol. The third-order valence-electron chi connectivity index (χ3n) is 4.74. The molecule has 0 aromatic heterocycles. The van der Waals surface area contributed by atoms with Crippen LogP contribution in [0, 0.1) is 16.7 Å². The number of hydrogen-bond acceptors (Lipinski definition) is 2. The molecular weight excluding hydrogens is 272 g/mol. The molecule has 1 aliphatic rings. The van der Waals surface area contributed by atoms with Crippen molar-refractivity contribution in [1.29, 1.82) is 5.26 Å². The molecule has 3 rings (SSSR count). The molecule has 0 radical (unpaired) electrons. The zero-order valence-corrected chi connectivity index (χ0v) is 12.8. The number of rotatable bonds is 3.